The Morgan fingerprint density at radius 2 is 0.750 bits per heavy atom. The second kappa shape index (κ2) is 19.7. The van der Waals surface area contributed by atoms with Crippen molar-refractivity contribution in [3.8, 4) is 0 Å². The molecule has 0 aromatic heterocycles. The van der Waals surface area contributed by atoms with E-state index in [0.717, 1.165) is 0 Å². The molecule has 0 aliphatic rings. The van der Waals surface area contributed by atoms with Gasteiger partial charge in [0.15, 0.2) is 0 Å². The minimum absolute atomic E-state index is 0. The van der Waals surface area contributed by atoms with Crippen LogP contribution in [0.15, 0.2) is 0 Å². The molecule has 7 heteroatoms. The molecule has 0 saturated heterocycles. The Morgan fingerprint density at radius 1 is 0.688 bits per heavy atom. The number of carboxylic acids is 3. The Balaban J connectivity index is -0.0000000655. The first-order valence-corrected chi connectivity index (χ1v) is 4.41. The summed E-state index contributed by atoms with van der Waals surface area (Å²) in [7, 11) is 0. The molecule has 0 heterocycles. The molecule has 0 aliphatic heterocycles. The van der Waals surface area contributed by atoms with E-state index < -0.39 is 17.9 Å². The number of rotatable bonds is 3. The summed E-state index contributed by atoms with van der Waals surface area (Å²) in [6, 6.07) is 0. The Labute approximate surface area is 110 Å². The van der Waals surface area contributed by atoms with Crippen molar-refractivity contribution in [3.05, 3.63) is 0 Å². The first-order valence-electron chi connectivity index (χ1n) is 4.41. The molecule has 0 saturated carbocycles. The van der Waals surface area contributed by atoms with E-state index in [0.29, 0.717) is 0 Å². The van der Waals surface area contributed by atoms with Gasteiger partial charge in [-0.2, -0.15) is 0 Å². The van der Waals surface area contributed by atoms with Crippen molar-refractivity contribution in [1.82, 2.24) is 0 Å². The summed E-state index contributed by atoms with van der Waals surface area (Å²) in [6.45, 7) is 4.61. The van der Waals surface area contributed by atoms with Crippen LogP contribution in [0.3, 0.4) is 0 Å². The Morgan fingerprint density at radius 3 is 0.750 bits per heavy atom. The normalized spacial score (nSPS) is 6.94. The van der Waals surface area contributed by atoms with Gasteiger partial charge in [0.25, 0.3) is 0 Å². The van der Waals surface area contributed by atoms with Crippen LogP contribution in [0, 0.1) is 0 Å². The molecule has 0 aromatic rings. The molecule has 0 atom stereocenters. The zero-order valence-corrected chi connectivity index (χ0v) is 11.1. The summed E-state index contributed by atoms with van der Waals surface area (Å²) in [5.74, 6) is -2.99. The maximum absolute atomic E-state index is 9.26. The summed E-state index contributed by atoms with van der Waals surface area (Å²) < 4.78 is 0. The van der Waals surface area contributed by atoms with Gasteiger partial charge in [-0.3, -0.25) is 0 Å². The standard InChI is InChI=1S/3C3H6O2.Ti/c3*1-2-3(4)5;/h3*2H2,1H3,(H,4,5);/q;;;+3/p-3. The largest absolute Gasteiger partial charge is 3.00 e. The van der Waals surface area contributed by atoms with Crippen molar-refractivity contribution in [2.24, 2.45) is 0 Å². The molecule has 0 N–H and O–H groups in total. The minimum atomic E-state index is -0.995. The summed E-state index contributed by atoms with van der Waals surface area (Å²) in [4.78, 5) is 27.8. The molecule has 0 amide bonds. The first kappa shape index (κ1) is 24.4. The molecule has 0 bridgehead atoms. The maximum Gasteiger partial charge on any atom is 3.00 e. The van der Waals surface area contributed by atoms with Gasteiger partial charge in [-0.05, 0) is 19.3 Å². The fraction of sp³-hybridized carbons (Fsp3) is 0.667. The van der Waals surface area contributed by atoms with E-state index in [4.69, 9.17) is 0 Å². The van der Waals surface area contributed by atoms with E-state index in [2.05, 4.69) is 0 Å². The van der Waals surface area contributed by atoms with E-state index in [1.54, 1.807) is 0 Å². The molecule has 91 valence electrons. The molecule has 6 nitrogen and oxygen atoms in total. The van der Waals surface area contributed by atoms with Crippen molar-refractivity contribution >= 4 is 17.9 Å². The number of carbonyl (C=O) groups is 3. The van der Waals surface area contributed by atoms with Crippen LogP contribution < -0.4 is 15.3 Å². The number of aliphatic carboxylic acids is 3. The zero-order chi connectivity index (χ0) is 12.9. The van der Waals surface area contributed by atoms with E-state index >= 15 is 0 Å². The third-order valence-corrected chi connectivity index (χ3v) is 0.866. The summed E-state index contributed by atoms with van der Waals surface area (Å²) in [5, 5.41) is 27.8. The van der Waals surface area contributed by atoms with Crippen LogP contribution in [0.25, 0.3) is 0 Å². The molecular weight excluding hydrogens is 252 g/mol. The predicted molar refractivity (Wildman–Crippen MR) is 45.9 cm³/mol. The molecule has 16 heavy (non-hydrogen) atoms. The molecular formula is C9H15O6Ti. The Kier molecular flexibility index (Phi) is 30.0. The van der Waals surface area contributed by atoms with Gasteiger partial charge < -0.3 is 29.7 Å². The minimum Gasteiger partial charge on any atom is -0.550 e. The van der Waals surface area contributed by atoms with Crippen molar-refractivity contribution < 1.29 is 51.4 Å². The second-order valence-electron chi connectivity index (χ2n) is 2.18. The van der Waals surface area contributed by atoms with Gasteiger partial charge in [0.2, 0.25) is 0 Å². The van der Waals surface area contributed by atoms with Crippen LogP contribution >= 0.6 is 0 Å². The average molecular weight is 267 g/mol. The van der Waals surface area contributed by atoms with Crippen LogP contribution in [0.2, 0.25) is 0 Å². The van der Waals surface area contributed by atoms with E-state index in [1.165, 1.54) is 20.8 Å². The fourth-order valence-electron chi connectivity index (χ4n) is 0. The van der Waals surface area contributed by atoms with Crippen LogP contribution in [-0.4, -0.2) is 17.9 Å². The quantitative estimate of drug-likeness (QED) is 0.518. The van der Waals surface area contributed by atoms with Gasteiger partial charge in [-0.25, -0.2) is 0 Å². The molecule has 0 fully saturated rings. The van der Waals surface area contributed by atoms with Crippen LogP contribution in [0.4, 0.5) is 0 Å². The summed E-state index contributed by atoms with van der Waals surface area (Å²) in [5.41, 5.74) is 0. The summed E-state index contributed by atoms with van der Waals surface area (Å²) >= 11 is 0. The van der Waals surface area contributed by atoms with Gasteiger partial charge in [0.05, 0.1) is 0 Å². The third kappa shape index (κ3) is 73.5. The van der Waals surface area contributed by atoms with Crippen molar-refractivity contribution in [2.75, 3.05) is 0 Å². The van der Waals surface area contributed by atoms with Crippen LogP contribution in [0.5, 0.6) is 0 Å². The number of carboxylic acid groups (broad SMARTS) is 3. The number of hydrogen-bond donors (Lipinski definition) is 0. The van der Waals surface area contributed by atoms with Gasteiger partial charge >= 0.3 is 21.7 Å². The predicted octanol–water partition coefficient (Wildman–Crippen LogP) is -2.56. The topological polar surface area (TPSA) is 120 Å². The van der Waals surface area contributed by atoms with E-state index in [1.807, 2.05) is 0 Å². The van der Waals surface area contributed by atoms with Crippen molar-refractivity contribution in [3.63, 3.8) is 0 Å². The van der Waals surface area contributed by atoms with Crippen LogP contribution in [-0.2, 0) is 36.1 Å². The van der Waals surface area contributed by atoms with E-state index in [9.17, 15) is 29.7 Å². The average Bonchev–Trinajstić information content (AvgIpc) is 2.19. The zero-order valence-electron chi connectivity index (χ0n) is 9.57. The number of hydrogen-bond acceptors (Lipinski definition) is 6. The van der Waals surface area contributed by atoms with Crippen molar-refractivity contribution in [1.29, 1.82) is 0 Å². The molecule has 0 spiro atoms. The third-order valence-electron chi connectivity index (χ3n) is 0.866. The number of carbonyl (C=O) groups excluding carboxylic acids is 3. The second-order valence-corrected chi connectivity index (χ2v) is 2.18. The maximum atomic E-state index is 9.26. The molecule has 0 unspecified atom stereocenters. The smallest absolute Gasteiger partial charge is 0.550 e. The van der Waals surface area contributed by atoms with Gasteiger partial charge in [0.1, 0.15) is 0 Å². The summed E-state index contributed by atoms with van der Waals surface area (Å²) in [6.07, 6.45) is 0.333. The monoisotopic (exact) mass is 267 g/mol. The van der Waals surface area contributed by atoms with Crippen molar-refractivity contribution in [2.45, 2.75) is 40.0 Å². The molecule has 1 radical (unpaired) electrons. The van der Waals surface area contributed by atoms with Gasteiger partial charge in [-0.15, -0.1) is 0 Å². The van der Waals surface area contributed by atoms with Crippen LogP contribution in [0.1, 0.15) is 40.0 Å². The Hall–Kier alpha value is -0.876. The van der Waals surface area contributed by atoms with Gasteiger partial charge in [-0.1, -0.05) is 20.8 Å². The fourth-order valence-corrected chi connectivity index (χ4v) is 0. The molecule has 0 aromatic carbocycles. The van der Waals surface area contributed by atoms with Gasteiger partial charge in [0, 0.05) is 17.9 Å². The SMILES string of the molecule is CCC(=O)[O-].CCC(=O)[O-].CCC(=O)[O-].[Ti+3]. The van der Waals surface area contributed by atoms with E-state index in [-0.39, 0.29) is 41.0 Å². The molecule has 0 aliphatic carbocycles. The first-order chi connectivity index (χ1) is 6.81. The molecule has 0 rings (SSSR count). The Bertz CT molecular complexity index is 159.